The molecule has 0 spiro atoms. The summed E-state index contributed by atoms with van der Waals surface area (Å²) in [6.07, 6.45) is -0.253. The van der Waals surface area contributed by atoms with Crippen LogP contribution in [0.3, 0.4) is 0 Å². The van der Waals surface area contributed by atoms with Gasteiger partial charge in [0, 0.05) is 20.8 Å². The van der Waals surface area contributed by atoms with Crippen molar-refractivity contribution >= 4 is 33.4 Å². The number of quaternary nitrogens is 1. The van der Waals surface area contributed by atoms with Gasteiger partial charge >= 0.3 is 0 Å². The summed E-state index contributed by atoms with van der Waals surface area (Å²) in [5.41, 5.74) is 1.31. The molecule has 0 aliphatic carbocycles. The summed E-state index contributed by atoms with van der Waals surface area (Å²) in [7, 11) is 0. The number of hydrogen-bond acceptors (Lipinski definition) is 3. The van der Waals surface area contributed by atoms with Gasteiger partial charge in [-0.25, -0.2) is 0 Å². The van der Waals surface area contributed by atoms with Crippen LogP contribution in [0.4, 0.5) is 5.69 Å². The topological polar surface area (TPSA) is 27.9 Å². The van der Waals surface area contributed by atoms with E-state index in [1.807, 2.05) is 12.1 Å². The lowest BCUT2D eigenvalue weighted by Crippen LogP contribution is -3.15. The Morgan fingerprint density at radius 3 is 2.38 bits per heavy atom. The number of aliphatic hydroxyl groups is 1. The van der Waals surface area contributed by atoms with Crippen LogP contribution < -0.4 is 9.80 Å². The average molecular weight is 408 g/mol. The molecule has 0 amide bonds. The van der Waals surface area contributed by atoms with Crippen molar-refractivity contribution < 1.29 is 10.0 Å². The third-order valence-corrected chi connectivity index (χ3v) is 6.06. The predicted octanol–water partition coefficient (Wildman–Crippen LogP) is 2.31. The molecule has 1 aliphatic rings. The van der Waals surface area contributed by atoms with Crippen LogP contribution >= 0.6 is 27.7 Å². The molecule has 1 aliphatic heterocycles. The van der Waals surface area contributed by atoms with Crippen LogP contribution in [0.2, 0.25) is 0 Å². The van der Waals surface area contributed by atoms with Gasteiger partial charge in [-0.2, -0.15) is 0 Å². The number of halogens is 1. The van der Waals surface area contributed by atoms with Crippen LogP contribution in [0.1, 0.15) is 0 Å². The summed E-state index contributed by atoms with van der Waals surface area (Å²) >= 11 is 5.18. The molecule has 5 heteroatoms. The molecule has 1 heterocycles. The van der Waals surface area contributed by atoms with E-state index in [0.717, 1.165) is 42.9 Å². The second-order valence-corrected chi connectivity index (χ2v) is 8.20. The summed E-state index contributed by atoms with van der Waals surface area (Å²) in [6.45, 7) is 5.15. The molecular weight excluding hydrogens is 384 g/mol. The van der Waals surface area contributed by atoms with Gasteiger partial charge in [0.15, 0.2) is 0 Å². The lowest BCUT2D eigenvalue weighted by molar-refractivity contribution is -0.903. The molecule has 1 fully saturated rings. The molecule has 24 heavy (non-hydrogen) atoms. The minimum atomic E-state index is -0.253. The number of rotatable bonds is 6. The summed E-state index contributed by atoms with van der Waals surface area (Å²) in [5.74, 6) is 0.757. The highest BCUT2D eigenvalue weighted by molar-refractivity contribution is 9.10. The maximum absolute atomic E-state index is 10.3. The van der Waals surface area contributed by atoms with Gasteiger partial charge in [-0.1, -0.05) is 34.1 Å². The molecule has 128 valence electrons. The van der Waals surface area contributed by atoms with Crippen molar-refractivity contribution in [3.63, 3.8) is 0 Å². The number of benzene rings is 2. The van der Waals surface area contributed by atoms with Crippen LogP contribution in [0.25, 0.3) is 0 Å². The standard InChI is InChI=1S/C19H23BrN2OS/c20-16-6-8-19(9-7-16)24-15-18(23)14-21-10-12-22(13-11-21)17-4-2-1-3-5-17/h1-9,18,23H,10-15H2/p+1/t18-/m1/s1. The zero-order valence-corrected chi connectivity index (χ0v) is 16.1. The highest BCUT2D eigenvalue weighted by Gasteiger charge is 2.22. The Balaban J connectivity index is 1.40. The van der Waals surface area contributed by atoms with Crippen molar-refractivity contribution in [1.82, 2.24) is 0 Å². The van der Waals surface area contributed by atoms with Gasteiger partial charge in [0.2, 0.25) is 0 Å². The van der Waals surface area contributed by atoms with Crippen molar-refractivity contribution in [3.8, 4) is 0 Å². The average Bonchev–Trinajstić information content (AvgIpc) is 2.63. The van der Waals surface area contributed by atoms with Gasteiger partial charge in [0.1, 0.15) is 12.6 Å². The van der Waals surface area contributed by atoms with Crippen molar-refractivity contribution in [1.29, 1.82) is 0 Å². The molecule has 2 aromatic carbocycles. The van der Waals surface area contributed by atoms with Crippen LogP contribution in [0, 0.1) is 0 Å². The first-order valence-electron chi connectivity index (χ1n) is 8.41. The lowest BCUT2D eigenvalue weighted by Gasteiger charge is -2.34. The number of nitrogens with zero attached hydrogens (tertiary/aromatic N) is 1. The van der Waals surface area contributed by atoms with E-state index in [9.17, 15) is 5.11 Å². The van der Waals surface area contributed by atoms with Crippen LogP contribution in [-0.4, -0.2) is 49.7 Å². The van der Waals surface area contributed by atoms with Crippen molar-refractivity contribution in [3.05, 3.63) is 59.1 Å². The van der Waals surface area contributed by atoms with E-state index in [4.69, 9.17) is 0 Å². The van der Waals surface area contributed by atoms with Crippen molar-refractivity contribution in [2.45, 2.75) is 11.0 Å². The SMILES string of the molecule is O[C@@H](CSc1ccc(Br)cc1)C[NH+]1CCN(c2ccccc2)CC1. The number of thioether (sulfide) groups is 1. The van der Waals surface area contributed by atoms with Crippen molar-refractivity contribution in [2.75, 3.05) is 43.4 Å². The minimum absolute atomic E-state index is 0.253. The maximum Gasteiger partial charge on any atom is 0.112 e. The van der Waals surface area contributed by atoms with E-state index in [1.54, 1.807) is 11.8 Å². The van der Waals surface area contributed by atoms with E-state index >= 15 is 0 Å². The monoisotopic (exact) mass is 407 g/mol. The molecule has 1 atom stereocenters. The van der Waals surface area contributed by atoms with E-state index in [2.05, 4.69) is 63.3 Å². The molecule has 2 N–H and O–H groups in total. The zero-order valence-electron chi connectivity index (χ0n) is 13.7. The Kier molecular flexibility index (Phi) is 6.60. The fourth-order valence-corrected chi connectivity index (χ4v) is 4.14. The van der Waals surface area contributed by atoms with Gasteiger partial charge in [-0.15, -0.1) is 11.8 Å². The number of aliphatic hydroxyl groups excluding tert-OH is 1. The summed E-state index contributed by atoms with van der Waals surface area (Å²) in [5, 5.41) is 10.3. The molecule has 3 nitrogen and oxygen atoms in total. The van der Waals surface area contributed by atoms with Gasteiger partial charge in [-0.3, -0.25) is 0 Å². The van der Waals surface area contributed by atoms with E-state index in [-0.39, 0.29) is 6.10 Å². The third kappa shape index (κ3) is 5.24. The Hall–Kier alpha value is -1.01. The zero-order chi connectivity index (χ0) is 16.8. The van der Waals surface area contributed by atoms with Gasteiger partial charge in [-0.05, 0) is 36.4 Å². The summed E-state index contributed by atoms with van der Waals surface area (Å²) < 4.78 is 1.09. The Morgan fingerprint density at radius 1 is 1.04 bits per heavy atom. The quantitative estimate of drug-likeness (QED) is 0.719. The predicted molar refractivity (Wildman–Crippen MR) is 105 cm³/mol. The Labute approximate surface area is 156 Å². The van der Waals surface area contributed by atoms with Crippen molar-refractivity contribution in [2.24, 2.45) is 0 Å². The fourth-order valence-electron chi connectivity index (χ4n) is 3.04. The van der Waals surface area contributed by atoms with Crippen LogP contribution in [0.5, 0.6) is 0 Å². The molecule has 3 rings (SSSR count). The van der Waals surface area contributed by atoms with Gasteiger partial charge < -0.3 is 14.9 Å². The molecule has 0 unspecified atom stereocenters. The highest BCUT2D eigenvalue weighted by Crippen LogP contribution is 2.21. The largest absolute Gasteiger partial charge is 0.386 e. The minimum Gasteiger partial charge on any atom is -0.386 e. The highest BCUT2D eigenvalue weighted by atomic mass is 79.9. The van der Waals surface area contributed by atoms with E-state index < -0.39 is 0 Å². The number of nitrogens with one attached hydrogen (secondary N) is 1. The molecule has 1 saturated heterocycles. The first kappa shape index (κ1) is 17.8. The fraction of sp³-hybridized carbons (Fsp3) is 0.368. The van der Waals surface area contributed by atoms with Gasteiger partial charge in [0.05, 0.1) is 26.2 Å². The number of anilines is 1. The first-order chi connectivity index (χ1) is 11.7. The summed E-state index contributed by atoms with van der Waals surface area (Å²) in [6, 6.07) is 18.9. The second-order valence-electron chi connectivity index (χ2n) is 6.20. The lowest BCUT2D eigenvalue weighted by atomic mass is 10.2. The smallest absolute Gasteiger partial charge is 0.112 e. The molecular formula is C19H24BrN2OS+. The Bertz CT molecular complexity index is 615. The maximum atomic E-state index is 10.3. The Morgan fingerprint density at radius 2 is 1.71 bits per heavy atom. The first-order valence-corrected chi connectivity index (χ1v) is 10.2. The van der Waals surface area contributed by atoms with E-state index in [1.165, 1.54) is 15.5 Å². The van der Waals surface area contributed by atoms with Gasteiger partial charge in [0.25, 0.3) is 0 Å². The summed E-state index contributed by atoms with van der Waals surface area (Å²) in [4.78, 5) is 5.15. The van der Waals surface area contributed by atoms with Crippen LogP contribution in [0.15, 0.2) is 64.0 Å². The number of para-hydroxylation sites is 1. The number of piperazine rings is 1. The molecule has 0 aromatic heterocycles. The molecule has 0 saturated carbocycles. The molecule has 0 bridgehead atoms. The number of hydrogen-bond donors (Lipinski definition) is 2. The normalized spacial score (nSPS) is 17.0. The second kappa shape index (κ2) is 8.90. The molecule has 2 aromatic rings. The van der Waals surface area contributed by atoms with E-state index in [0.29, 0.717) is 0 Å². The third-order valence-electron chi connectivity index (χ3n) is 4.37. The van der Waals surface area contributed by atoms with Crippen LogP contribution in [-0.2, 0) is 0 Å². The molecule has 0 radical (unpaired) electrons.